The Balaban J connectivity index is 1.45. The number of rotatable bonds is 6. The predicted molar refractivity (Wildman–Crippen MR) is 124 cm³/mol. The summed E-state index contributed by atoms with van der Waals surface area (Å²) in [6, 6.07) is 14.2. The van der Waals surface area contributed by atoms with Gasteiger partial charge in [-0.2, -0.15) is 0 Å². The van der Waals surface area contributed by atoms with Crippen LogP contribution in [0.25, 0.3) is 11.1 Å². The van der Waals surface area contributed by atoms with Crippen LogP contribution in [0.15, 0.2) is 60.9 Å². The van der Waals surface area contributed by atoms with E-state index in [-0.39, 0.29) is 31.0 Å². The molecule has 2 N–H and O–H groups in total. The molecule has 4 rings (SSSR count). The molecule has 0 saturated heterocycles. The van der Waals surface area contributed by atoms with Crippen LogP contribution in [0.4, 0.5) is 0 Å². The first-order valence-corrected chi connectivity index (χ1v) is 11.0. The van der Waals surface area contributed by atoms with Crippen molar-refractivity contribution in [2.24, 2.45) is 5.92 Å². The maximum absolute atomic E-state index is 12.8. The van der Waals surface area contributed by atoms with Crippen LogP contribution in [0.1, 0.15) is 58.7 Å². The number of aromatic nitrogens is 1. The smallest absolute Gasteiger partial charge is 0.277 e. The quantitative estimate of drug-likeness (QED) is 0.427. The lowest BCUT2D eigenvalue weighted by atomic mass is 9.94. The lowest BCUT2D eigenvalue weighted by Gasteiger charge is -2.26. The normalized spacial score (nSPS) is 14.2. The van der Waals surface area contributed by atoms with Crippen molar-refractivity contribution in [3.05, 3.63) is 83.2 Å². The number of hydrogen-bond acceptors (Lipinski definition) is 5. The Morgan fingerprint density at radius 1 is 1.12 bits per heavy atom. The first-order chi connectivity index (χ1) is 15.8. The molecule has 0 aliphatic carbocycles. The highest BCUT2D eigenvalue weighted by Crippen LogP contribution is 2.42. The number of pyridine rings is 1. The summed E-state index contributed by atoms with van der Waals surface area (Å²) in [5.74, 6) is 0.105. The highest BCUT2D eigenvalue weighted by Gasteiger charge is 2.24. The standard InChI is InChI=1S/C26H27N3O4/c1-16(2)15-29(32)26(31)20-6-4-5-18(11-20)13-28-25(30)19-7-8-22-21-9-10-27-14-23(21)17(3)33-24(22)12-19/h4-12,14,16-17,32H,13,15H2,1-3H3,(H,28,30). The lowest BCUT2D eigenvalue weighted by Crippen LogP contribution is -2.31. The number of carbonyl (C=O) groups excluding carboxylic acids is 2. The molecule has 0 fully saturated rings. The molecule has 0 bridgehead atoms. The molecule has 2 amide bonds. The number of carbonyl (C=O) groups is 2. The minimum absolute atomic E-state index is 0.148. The van der Waals surface area contributed by atoms with Crippen LogP contribution >= 0.6 is 0 Å². The zero-order chi connectivity index (χ0) is 23.5. The molecule has 7 heteroatoms. The number of fused-ring (bicyclic) bond motifs is 3. The van der Waals surface area contributed by atoms with Crippen molar-refractivity contribution in [1.82, 2.24) is 15.4 Å². The van der Waals surface area contributed by atoms with E-state index in [1.165, 1.54) is 0 Å². The van der Waals surface area contributed by atoms with Crippen molar-refractivity contribution < 1.29 is 19.5 Å². The van der Waals surface area contributed by atoms with E-state index >= 15 is 0 Å². The molecule has 1 aliphatic rings. The number of nitrogens with zero attached hydrogens (tertiary/aromatic N) is 2. The van der Waals surface area contributed by atoms with E-state index in [1.807, 2.05) is 39.0 Å². The summed E-state index contributed by atoms with van der Waals surface area (Å²) in [4.78, 5) is 29.4. The molecule has 2 heterocycles. The van der Waals surface area contributed by atoms with E-state index in [9.17, 15) is 14.8 Å². The predicted octanol–water partition coefficient (Wildman–Crippen LogP) is 4.62. The van der Waals surface area contributed by atoms with E-state index in [2.05, 4.69) is 10.3 Å². The molecule has 0 saturated carbocycles. The second-order valence-electron chi connectivity index (χ2n) is 8.60. The van der Waals surface area contributed by atoms with E-state index in [1.54, 1.807) is 42.7 Å². The van der Waals surface area contributed by atoms with Crippen LogP contribution in [0, 0.1) is 5.92 Å². The number of nitrogens with one attached hydrogen (secondary N) is 1. The van der Waals surface area contributed by atoms with Crippen molar-refractivity contribution in [2.75, 3.05) is 6.54 Å². The van der Waals surface area contributed by atoms with Crippen molar-refractivity contribution >= 4 is 11.8 Å². The van der Waals surface area contributed by atoms with E-state index in [0.717, 1.165) is 27.3 Å². The Kier molecular flexibility index (Phi) is 6.42. The van der Waals surface area contributed by atoms with Crippen molar-refractivity contribution in [3.63, 3.8) is 0 Å². The van der Waals surface area contributed by atoms with E-state index in [4.69, 9.17) is 4.74 Å². The highest BCUT2D eigenvalue weighted by molar-refractivity contribution is 5.96. The topological polar surface area (TPSA) is 91.8 Å². The van der Waals surface area contributed by atoms with Gasteiger partial charge in [0, 0.05) is 41.2 Å². The summed E-state index contributed by atoms with van der Waals surface area (Å²) in [7, 11) is 0. The fraction of sp³-hybridized carbons (Fsp3) is 0.269. The summed E-state index contributed by atoms with van der Waals surface area (Å²) in [5, 5.41) is 13.6. The maximum Gasteiger partial charge on any atom is 0.277 e. The van der Waals surface area contributed by atoms with Gasteiger partial charge in [-0.15, -0.1) is 0 Å². The molecule has 2 aromatic carbocycles. The van der Waals surface area contributed by atoms with Crippen molar-refractivity contribution in [1.29, 1.82) is 0 Å². The molecule has 7 nitrogen and oxygen atoms in total. The van der Waals surface area contributed by atoms with Crippen LogP contribution < -0.4 is 10.1 Å². The lowest BCUT2D eigenvalue weighted by molar-refractivity contribution is -0.0647. The molecule has 1 aromatic heterocycles. The third-order valence-electron chi connectivity index (χ3n) is 5.53. The third-order valence-corrected chi connectivity index (χ3v) is 5.53. The number of hydrogen-bond donors (Lipinski definition) is 2. The molecule has 1 unspecified atom stereocenters. The average molecular weight is 446 g/mol. The van der Waals surface area contributed by atoms with Gasteiger partial charge >= 0.3 is 0 Å². The molecule has 170 valence electrons. The molecule has 33 heavy (non-hydrogen) atoms. The summed E-state index contributed by atoms with van der Waals surface area (Å²) in [6.07, 6.45) is 3.40. The van der Waals surface area contributed by atoms with Gasteiger partial charge < -0.3 is 10.1 Å². The minimum atomic E-state index is -0.465. The number of benzene rings is 2. The first-order valence-electron chi connectivity index (χ1n) is 11.0. The van der Waals surface area contributed by atoms with E-state index < -0.39 is 5.91 Å². The molecule has 0 spiro atoms. The van der Waals surface area contributed by atoms with Gasteiger partial charge in [0.25, 0.3) is 11.8 Å². The van der Waals surface area contributed by atoms with Crippen molar-refractivity contribution in [2.45, 2.75) is 33.4 Å². The fourth-order valence-electron chi connectivity index (χ4n) is 3.89. The van der Waals surface area contributed by atoms with Gasteiger partial charge in [-0.1, -0.05) is 26.0 Å². The van der Waals surface area contributed by atoms with Gasteiger partial charge in [-0.05, 0) is 60.4 Å². The van der Waals surface area contributed by atoms with Crippen molar-refractivity contribution in [3.8, 4) is 16.9 Å². The van der Waals surface area contributed by atoms with Gasteiger partial charge in [-0.3, -0.25) is 19.8 Å². The SMILES string of the molecule is CC(C)CN(O)C(=O)c1cccc(CNC(=O)c2ccc3c(c2)OC(C)c2cnccc2-3)c1. The second-order valence-corrected chi connectivity index (χ2v) is 8.60. The monoisotopic (exact) mass is 445 g/mol. The average Bonchev–Trinajstić information content (AvgIpc) is 2.81. The Morgan fingerprint density at radius 3 is 2.73 bits per heavy atom. The third kappa shape index (κ3) is 4.88. The van der Waals surface area contributed by atoms with Crippen LogP contribution in [0.5, 0.6) is 5.75 Å². The van der Waals surface area contributed by atoms with Crippen LogP contribution in [-0.2, 0) is 6.54 Å². The maximum atomic E-state index is 12.8. The molecular formula is C26H27N3O4. The molecule has 0 radical (unpaired) electrons. The largest absolute Gasteiger partial charge is 0.485 e. The van der Waals surface area contributed by atoms with Gasteiger partial charge in [-0.25, -0.2) is 5.06 Å². The Hall–Kier alpha value is -3.71. The Bertz CT molecular complexity index is 1190. The highest BCUT2D eigenvalue weighted by atomic mass is 16.5. The first kappa shape index (κ1) is 22.5. The fourth-order valence-corrected chi connectivity index (χ4v) is 3.89. The molecule has 1 aliphatic heterocycles. The summed E-state index contributed by atoms with van der Waals surface area (Å²) in [5.41, 5.74) is 4.63. The van der Waals surface area contributed by atoms with Crippen LogP contribution in [-0.4, -0.2) is 33.6 Å². The zero-order valence-corrected chi connectivity index (χ0v) is 18.9. The second kappa shape index (κ2) is 9.42. The Morgan fingerprint density at radius 2 is 1.94 bits per heavy atom. The van der Waals surface area contributed by atoms with Gasteiger partial charge in [0.05, 0.1) is 6.54 Å². The summed E-state index contributed by atoms with van der Waals surface area (Å²) < 4.78 is 6.02. The zero-order valence-electron chi connectivity index (χ0n) is 18.9. The van der Waals surface area contributed by atoms with Gasteiger partial charge in [0.1, 0.15) is 11.9 Å². The summed E-state index contributed by atoms with van der Waals surface area (Å²) >= 11 is 0. The van der Waals surface area contributed by atoms with Gasteiger partial charge in [0.15, 0.2) is 0 Å². The number of amides is 2. The molecular weight excluding hydrogens is 418 g/mol. The van der Waals surface area contributed by atoms with Crippen LogP contribution in [0.3, 0.4) is 0 Å². The Labute approximate surface area is 193 Å². The summed E-state index contributed by atoms with van der Waals surface area (Å²) in [6.45, 7) is 6.30. The number of hydroxylamine groups is 2. The molecule has 3 aromatic rings. The van der Waals surface area contributed by atoms with Crippen LogP contribution in [0.2, 0.25) is 0 Å². The molecule has 1 atom stereocenters. The van der Waals surface area contributed by atoms with Gasteiger partial charge in [0.2, 0.25) is 0 Å². The number of ether oxygens (including phenoxy) is 1. The van der Waals surface area contributed by atoms with E-state index in [0.29, 0.717) is 16.9 Å². The minimum Gasteiger partial charge on any atom is -0.485 e.